The van der Waals surface area contributed by atoms with Crippen LogP contribution in [0.1, 0.15) is 17.4 Å². The molecule has 0 amide bonds. The second kappa shape index (κ2) is 4.55. The van der Waals surface area contributed by atoms with Crippen LogP contribution in [-0.2, 0) is 0 Å². The van der Waals surface area contributed by atoms with Crippen LogP contribution in [0.4, 0.5) is 11.6 Å². The second-order valence-electron chi connectivity index (χ2n) is 5.26. The summed E-state index contributed by atoms with van der Waals surface area (Å²) in [5.41, 5.74) is 7.60. The molecular formula is C14H15N7O. The first-order valence-corrected chi connectivity index (χ1v) is 6.94. The molecule has 4 heterocycles. The number of nitrogen functional groups attached to an aromatic ring is 1. The number of aryl methyl sites for hydroxylation is 1. The summed E-state index contributed by atoms with van der Waals surface area (Å²) in [6.07, 6.45) is 1.68. The molecule has 1 atom stereocenters. The third kappa shape index (κ3) is 1.77. The van der Waals surface area contributed by atoms with Crippen LogP contribution >= 0.6 is 0 Å². The molecule has 0 bridgehead atoms. The van der Waals surface area contributed by atoms with Gasteiger partial charge in [0.15, 0.2) is 5.65 Å². The van der Waals surface area contributed by atoms with Crippen LogP contribution in [0.25, 0.3) is 11.0 Å². The molecule has 8 nitrogen and oxygen atoms in total. The van der Waals surface area contributed by atoms with Crippen LogP contribution in [0, 0.1) is 6.92 Å². The third-order valence-corrected chi connectivity index (χ3v) is 3.89. The molecule has 112 valence electrons. The van der Waals surface area contributed by atoms with E-state index in [0.29, 0.717) is 29.8 Å². The maximum atomic E-state index is 6.02. The Morgan fingerprint density at radius 3 is 3.09 bits per heavy atom. The Kier molecular flexibility index (Phi) is 2.65. The summed E-state index contributed by atoms with van der Waals surface area (Å²) in [4.78, 5) is 15.1. The van der Waals surface area contributed by atoms with Crippen LogP contribution in [-0.4, -0.2) is 38.8 Å². The van der Waals surface area contributed by atoms with E-state index in [-0.39, 0.29) is 6.04 Å². The van der Waals surface area contributed by atoms with Crippen molar-refractivity contribution in [1.29, 1.82) is 0 Å². The van der Waals surface area contributed by atoms with Gasteiger partial charge in [-0.05, 0) is 13.0 Å². The molecule has 3 aromatic heterocycles. The molecule has 8 heteroatoms. The topological polar surface area (TPSA) is 106 Å². The molecule has 3 aromatic rings. The molecule has 0 fully saturated rings. The standard InChI is InChI=1S/C14H15N7O/c1-7-17-12-10-13(18-7)21(2)9(6-22-14(10)20-19-12)8-4-3-5-16-11(8)15/h3-5,9H,6H2,1-2H3,(H2,15,16)(H,17,18,19,20). The monoisotopic (exact) mass is 297 g/mol. The van der Waals surface area contributed by atoms with Gasteiger partial charge in [0.05, 0.1) is 6.04 Å². The van der Waals surface area contributed by atoms with Crippen molar-refractivity contribution in [3.63, 3.8) is 0 Å². The highest BCUT2D eigenvalue weighted by Gasteiger charge is 2.30. The van der Waals surface area contributed by atoms with Gasteiger partial charge in [-0.25, -0.2) is 15.0 Å². The van der Waals surface area contributed by atoms with Crippen LogP contribution < -0.4 is 15.4 Å². The van der Waals surface area contributed by atoms with Crippen molar-refractivity contribution in [3.8, 4) is 5.88 Å². The van der Waals surface area contributed by atoms with Gasteiger partial charge in [-0.15, -0.1) is 5.10 Å². The van der Waals surface area contributed by atoms with Gasteiger partial charge in [0.25, 0.3) is 0 Å². The van der Waals surface area contributed by atoms with E-state index < -0.39 is 0 Å². The molecule has 0 aromatic carbocycles. The smallest absolute Gasteiger partial charge is 0.246 e. The zero-order valence-corrected chi connectivity index (χ0v) is 12.2. The number of hydrogen-bond donors (Lipinski definition) is 2. The number of rotatable bonds is 1. The average molecular weight is 297 g/mol. The van der Waals surface area contributed by atoms with Crippen molar-refractivity contribution in [2.24, 2.45) is 0 Å². The van der Waals surface area contributed by atoms with Crippen molar-refractivity contribution < 1.29 is 4.74 Å². The fraction of sp³-hybridized carbons (Fsp3) is 0.286. The first-order valence-electron chi connectivity index (χ1n) is 6.94. The Morgan fingerprint density at radius 1 is 1.41 bits per heavy atom. The van der Waals surface area contributed by atoms with Crippen LogP contribution in [0.5, 0.6) is 5.88 Å². The van der Waals surface area contributed by atoms with E-state index >= 15 is 0 Å². The number of aromatic nitrogens is 5. The Balaban J connectivity index is 1.90. The summed E-state index contributed by atoms with van der Waals surface area (Å²) in [6.45, 7) is 2.26. The molecule has 1 aliphatic rings. The highest BCUT2D eigenvalue weighted by atomic mass is 16.5. The van der Waals surface area contributed by atoms with Gasteiger partial charge in [-0.3, -0.25) is 5.10 Å². The summed E-state index contributed by atoms with van der Waals surface area (Å²) in [7, 11) is 1.96. The SMILES string of the molecule is Cc1nc2c3c(n[nH]c3n1)OCC(c1cccnc1N)N2C. The summed E-state index contributed by atoms with van der Waals surface area (Å²) in [5.74, 6) is 2.45. The number of hydrogen-bond acceptors (Lipinski definition) is 7. The Bertz CT molecular complexity index is 860. The van der Waals surface area contributed by atoms with E-state index in [2.05, 4.69) is 25.1 Å². The largest absolute Gasteiger partial charge is 0.473 e. The number of nitrogens with two attached hydrogens (primary N) is 1. The lowest BCUT2D eigenvalue weighted by Gasteiger charge is -2.27. The van der Waals surface area contributed by atoms with E-state index in [9.17, 15) is 0 Å². The molecule has 0 spiro atoms. The summed E-state index contributed by atoms with van der Waals surface area (Å²) in [6, 6.07) is 3.72. The lowest BCUT2D eigenvalue weighted by molar-refractivity contribution is 0.283. The maximum Gasteiger partial charge on any atom is 0.246 e. The summed E-state index contributed by atoms with van der Waals surface area (Å²) < 4.78 is 5.85. The summed E-state index contributed by atoms with van der Waals surface area (Å²) >= 11 is 0. The van der Waals surface area contributed by atoms with Crippen LogP contribution in [0.3, 0.4) is 0 Å². The number of anilines is 2. The second-order valence-corrected chi connectivity index (χ2v) is 5.26. The van der Waals surface area contributed by atoms with E-state index in [4.69, 9.17) is 10.5 Å². The Morgan fingerprint density at radius 2 is 2.27 bits per heavy atom. The van der Waals surface area contributed by atoms with Crippen molar-refractivity contribution in [2.45, 2.75) is 13.0 Å². The Labute approximate surface area is 126 Å². The van der Waals surface area contributed by atoms with Crippen molar-refractivity contribution in [1.82, 2.24) is 25.1 Å². The fourth-order valence-corrected chi connectivity index (χ4v) is 2.78. The van der Waals surface area contributed by atoms with Crippen LogP contribution in [0.15, 0.2) is 18.3 Å². The van der Waals surface area contributed by atoms with Gasteiger partial charge < -0.3 is 15.4 Å². The van der Waals surface area contributed by atoms with Gasteiger partial charge >= 0.3 is 0 Å². The number of nitrogens with zero attached hydrogens (tertiary/aromatic N) is 5. The van der Waals surface area contributed by atoms with E-state index in [1.165, 1.54) is 0 Å². The quantitative estimate of drug-likeness (QED) is 0.695. The van der Waals surface area contributed by atoms with E-state index in [1.807, 2.05) is 31.0 Å². The third-order valence-electron chi connectivity index (χ3n) is 3.89. The lowest BCUT2D eigenvalue weighted by Crippen LogP contribution is -2.29. The van der Waals surface area contributed by atoms with Crippen molar-refractivity contribution >= 4 is 22.7 Å². The molecule has 1 aliphatic heterocycles. The normalized spacial score (nSPS) is 17.4. The minimum absolute atomic E-state index is 0.0969. The fourth-order valence-electron chi connectivity index (χ4n) is 2.78. The van der Waals surface area contributed by atoms with Gasteiger partial charge in [0.1, 0.15) is 29.5 Å². The molecule has 1 unspecified atom stereocenters. The predicted molar refractivity (Wildman–Crippen MR) is 81.7 cm³/mol. The number of aromatic amines is 1. The van der Waals surface area contributed by atoms with Crippen molar-refractivity contribution in [2.75, 3.05) is 24.3 Å². The average Bonchev–Trinajstić information content (AvgIpc) is 2.84. The molecule has 0 radical (unpaired) electrons. The summed E-state index contributed by atoms with van der Waals surface area (Å²) in [5, 5.41) is 7.86. The zero-order valence-electron chi connectivity index (χ0n) is 12.2. The molecule has 3 N–H and O–H groups in total. The maximum absolute atomic E-state index is 6.02. The lowest BCUT2D eigenvalue weighted by atomic mass is 10.1. The van der Waals surface area contributed by atoms with Crippen molar-refractivity contribution in [3.05, 3.63) is 29.7 Å². The number of pyridine rings is 1. The number of likely N-dealkylation sites (N-methyl/N-ethyl adjacent to an activating group) is 1. The molecule has 0 saturated carbocycles. The molecule has 4 rings (SSSR count). The first-order chi connectivity index (χ1) is 10.6. The molecule has 22 heavy (non-hydrogen) atoms. The van der Waals surface area contributed by atoms with E-state index in [0.717, 1.165) is 16.8 Å². The van der Waals surface area contributed by atoms with Crippen LogP contribution in [0.2, 0.25) is 0 Å². The number of nitrogens with one attached hydrogen (secondary N) is 1. The van der Waals surface area contributed by atoms with E-state index in [1.54, 1.807) is 6.20 Å². The molecule has 0 saturated heterocycles. The number of ether oxygens (including phenoxy) is 1. The minimum atomic E-state index is -0.0969. The Hall–Kier alpha value is -2.90. The minimum Gasteiger partial charge on any atom is -0.473 e. The van der Waals surface area contributed by atoms with Gasteiger partial charge in [0, 0.05) is 18.8 Å². The first kappa shape index (κ1) is 12.8. The number of H-pyrrole nitrogens is 1. The molecular weight excluding hydrogens is 282 g/mol. The van der Waals surface area contributed by atoms with Gasteiger partial charge in [-0.2, -0.15) is 0 Å². The predicted octanol–water partition coefficient (Wildman–Crippen LogP) is 1.21. The molecule has 0 aliphatic carbocycles. The highest BCUT2D eigenvalue weighted by molar-refractivity contribution is 5.92. The highest BCUT2D eigenvalue weighted by Crippen LogP contribution is 2.38. The zero-order chi connectivity index (χ0) is 15.3. The van der Waals surface area contributed by atoms with Gasteiger partial charge in [0.2, 0.25) is 5.88 Å². The van der Waals surface area contributed by atoms with Gasteiger partial charge in [-0.1, -0.05) is 6.07 Å².